The summed E-state index contributed by atoms with van der Waals surface area (Å²) in [6.45, 7) is 1.46. The standard InChI is InChI=1S/C15H16F3N3O4S/c1-6-10(13(21-20-6)15(16,17)18)7-2-8(4-19-3-7)25-14-12(24)11(23)9(22)5-26-14/h2-4,9,11-12,14,22-24H,5H2,1H3,(H,20,21)/t9-,11+,12-,14-/m1/s1. The summed E-state index contributed by atoms with van der Waals surface area (Å²) in [4.78, 5) is 3.89. The summed E-state index contributed by atoms with van der Waals surface area (Å²) in [7, 11) is 0. The van der Waals surface area contributed by atoms with Crippen molar-refractivity contribution in [2.75, 3.05) is 5.75 Å². The van der Waals surface area contributed by atoms with E-state index in [1.165, 1.54) is 25.4 Å². The van der Waals surface area contributed by atoms with E-state index in [9.17, 15) is 28.5 Å². The van der Waals surface area contributed by atoms with Crippen molar-refractivity contribution in [1.82, 2.24) is 15.2 Å². The number of aromatic amines is 1. The lowest BCUT2D eigenvalue weighted by Gasteiger charge is -2.34. The molecule has 4 atom stereocenters. The number of nitrogens with zero attached hydrogens (tertiary/aromatic N) is 2. The van der Waals surface area contributed by atoms with Crippen LogP contribution >= 0.6 is 11.8 Å². The summed E-state index contributed by atoms with van der Waals surface area (Å²) in [6, 6.07) is 1.35. The molecule has 2 aromatic heterocycles. The third-order valence-electron chi connectivity index (χ3n) is 3.92. The molecule has 26 heavy (non-hydrogen) atoms. The second-order valence-corrected chi connectivity index (χ2v) is 6.98. The van der Waals surface area contributed by atoms with Gasteiger partial charge in [-0.15, -0.1) is 11.8 Å². The number of alkyl halides is 3. The Balaban J connectivity index is 1.87. The maximum Gasteiger partial charge on any atom is 0.435 e. The van der Waals surface area contributed by atoms with Gasteiger partial charge < -0.3 is 20.1 Å². The molecule has 0 spiro atoms. The lowest BCUT2D eigenvalue weighted by atomic mass is 10.1. The second kappa shape index (κ2) is 7.06. The van der Waals surface area contributed by atoms with Crippen LogP contribution in [-0.2, 0) is 6.18 Å². The van der Waals surface area contributed by atoms with E-state index in [1.807, 2.05) is 0 Å². The minimum Gasteiger partial charge on any atom is -0.475 e. The van der Waals surface area contributed by atoms with Gasteiger partial charge in [-0.2, -0.15) is 18.3 Å². The molecule has 0 saturated carbocycles. The molecule has 0 unspecified atom stereocenters. The van der Waals surface area contributed by atoms with Crippen LogP contribution in [0.15, 0.2) is 18.5 Å². The molecule has 2 aromatic rings. The molecule has 11 heteroatoms. The zero-order valence-electron chi connectivity index (χ0n) is 13.4. The topological polar surface area (TPSA) is 111 Å². The Kier molecular flexibility index (Phi) is 5.15. The number of hydrogen-bond donors (Lipinski definition) is 4. The van der Waals surface area contributed by atoms with Crippen molar-refractivity contribution in [3.63, 3.8) is 0 Å². The van der Waals surface area contributed by atoms with Crippen molar-refractivity contribution in [3.8, 4) is 16.9 Å². The van der Waals surface area contributed by atoms with Crippen LogP contribution in [0.1, 0.15) is 11.4 Å². The Bertz CT molecular complexity index is 786. The maximum atomic E-state index is 13.1. The predicted molar refractivity (Wildman–Crippen MR) is 86.5 cm³/mol. The molecule has 1 aliphatic rings. The van der Waals surface area contributed by atoms with Gasteiger partial charge in [0.1, 0.15) is 18.0 Å². The number of ether oxygens (including phenoxy) is 1. The molecule has 0 aliphatic carbocycles. The molecule has 1 fully saturated rings. The molecular weight excluding hydrogens is 375 g/mol. The smallest absolute Gasteiger partial charge is 0.435 e. The van der Waals surface area contributed by atoms with Gasteiger partial charge in [-0.1, -0.05) is 0 Å². The van der Waals surface area contributed by atoms with Gasteiger partial charge in [0.15, 0.2) is 11.1 Å². The molecule has 7 nitrogen and oxygen atoms in total. The minimum atomic E-state index is -4.63. The van der Waals surface area contributed by atoms with Crippen molar-refractivity contribution >= 4 is 11.8 Å². The third-order valence-corrected chi connectivity index (χ3v) is 5.16. The van der Waals surface area contributed by atoms with Gasteiger partial charge in [0, 0.05) is 28.8 Å². The fourth-order valence-electron chi connectivity index (χ4n) is 2.62. The van der Waals surface area contributed by atoms with Gasteiger partial charge in [-0.3, -0.25) is 10.1 Å². The van der Waals surface area contributed by atoms with Crippen LogP contribution in [0.5, 0.6) is 5.75 Å². The molecule has 4 N–H and O–H groups in total. The van der Waals surface area contributed by atoms with E-state index in [4.69, 9.17) is 4.74 Å². The molecule has 3 heterocycles. The molecule has 1 saturated heterocycles. The maximum absolute atomic E-state index is 13.1. The number of thioether (sulfide) groups is 1. The number of aromatic nitrogens is 3. The first kappa shape index (κ1) is 19.0. The van der Waals surface area contributed by atoms with Crippen LogP contribution in [0.25, 0.3) is 11.1 Å². The van der Waals surface area contributed by atoms with Gasteiger partial charge >= 0.3 is 6.18 Å². The van der Waals surface area contributed by atoms with Gasteiger partial charge in [0.2, 0.25) is 0 Å². The number of hydrogen-bond acceptors (Lipinski definition) is 7. The van der Waals surface area contributed by atoms with Crippen LogP contribution in [0.4, 0.5) is 13.2 Å². The average Bonchev–Trinajstić information content (AvgIpc) is 2.98. The molecular formula is C15H16F3N3O4S. The number of aliphatic hydroxyl groups is 3. The van der Waals surface area contributed by atoms with Crippen LogP contribution in [0.3, 0.4) is 0 Å². The molecule has 1 aliphatic heterocycles. The van der Waals surface area contributed by atoms with Crippen molar-refractivity contribution < 1.29 is 33.2 Å². The largest absolute Gasteiger partial charge is 0.475 e. The Labute approximate surface area is 150 Å². The fourth-order valence-corrected chi connectivity index (χ4v) is 3.75. The first-order valence-corrected chi connectivity index (χ1v) is 8.63. The van der Waals surface area contributed by atoms with E-state index < -0.39 is 35.6 Å². The van der Waals surface area contributed by atoms with E-state index in [0.717, 1.165) is 11.8 Å². The summed E-state index contributed by atoms with van der Waals surface area (Å²) in [6.07, 6.45) is -5.90. The van der Waals surface area contributed by atoms with Crippen molar-refractivity contribution in [2.45, 2.75) is 36.8 Å². The Hall–Kier alpha value is -1.82. The summed E-state index contributed by atoms with van der Waals surface area (Å²) >= 11 is 1.08. The van der Waals surface area contributed by atoms with Crippen LogP contribution in [-0.4, -0.2) is 60.0 Å². The SMILES string of the molecule is Cc1[nH]nc(C(F)(F)F)c1-c1cncc(O[C@@H]2SC[C@@H](O)[C@H](O)[C@H]2O)c1. The third kappa shape index (κ3) is 3.65. The van der Waals surface area contributed by atoms with Gasteiger partial charge in [0.25, 0.3) is 0 Å². The number of nitrogens with one attached hydrogen (secondary N) is 1. The van der Waals surface area contributed by atoms with E-state index in [0.29, 0.717) is 0 Å². The van der Waals surface area contributed by atoms with E-state index in [1.54, 1.807) is 0 Å². The summed E-state index contributed by atoms with van der Waals surface area (Å²) in [5.74, 6) is 0.270. The minimum absolute atomic E-state index is 0.122. The highest BCUT2D eigenvalue weighted by Crippen LogP contribution is 2.38. The molecule has 3 rings (SSSR count). The van der Waals surface area contributed by atoms with Crippen molar-refractivity contribution in [2.24, 2.45) is 0 Å². The molecule has 0 aromatic carbocycles. The Morgan fingerprint density at radius 3 is 2.65 bits per heavy atom. The number of H-pyrrole nitrogens is 1. The zero-order chi connectivity index (χ0) is 19.1. The monoisotopic (exact) mass is 391 g/mol. The van der Waals surface area contributed by atoms with Gasteiger partial charge in [-0.25, -0.2) is 0 Å². The summed E-state index contributed by atoms with van der Waals surface area (Å²) in [5, 5.41) is 34.8. The first-order chi connectivity index (χ1) is 12.2. The summed E-state index contributed by atoms with van der Waals surface area (Å²) < 4.78 is 44.9. The van der Waals surface area contributed by atoms with Crippen molar-refractivity contribution in [1.29, 1.82) is 0 Å². The average molecular weight is 391 g/mol. The Morgan fingerprint density at radius 2 is 1.96 bits per heavy atom. The number of halogens is 3. The van der Waals surface area contributed by atoms with E-state index >= 15 is 0 Å². The molecule has 0 bridgehead atoms. The summed E-state index contributed by atoms with van der Waals surface area (Å²) in [5.41, 5.74) is -1.71. The highest BCUT2D eigenvalue weighted by Gasteiger charge is 2.39. The fraction of sp³-hybridized carbons (Fsp3) is 0.467. The number of rotatable bonds is 3. The van der Waals surface area contributed by atoms with E-state index in [-0.39, 0.29) is 28.3 Å². The van der Waals surface area contributed by atoms with Crippen LogP contribution in [0.2, 0.25) is 0 Å². The highest BCUT2D eigenvalue weighted by atomic mass is 32.2. The lowest BCUT2D eigenvalue weighted by molar-refractivity contribution is -0.140. The highest BCUT2D eigenvalue weighted by molar-refractivity contribution is 7.99. The van der Waals surface area contributed by atoms with Crippen molar-refractivity contribution in [3.05, 3.63) is 29.8 Å². The van der Waals surface area contributed by atoms with Crippen LogP contribution in [0, 0.1) is 6.92 Å². The first-order valence-electron chi connectivity index (χ1n) is 7.58. The number of aryl methyl sites for hydroxylation is 1. The van der Waals surface area contributed by atoms with Gasteiger partial charge in [-0.05, 0) is 13.0 Å². The lowest BCUT2D eigenvalue weighted by Crippen LogP contribution is -2.50. The predicted octanol–water partition coefficient (Wildman–Crippen LogP) is 1.33. The molecule has 0 radical (unpaired) electrons. The second-order valence-electron chi connectivity index (χ2n) is 5.85. The number of pyridine rings is 1. The zero-order valence-corrected chi connectivity index (χ0v) is 14.3. The van der Waals surface area contributed by atoms with Crippen LogP contribution < -0.4 is 4.74 Å². The molecule has 142 valence electrons. The van der Waals surface area contributed by atoms with E-state index in [2.05, 4.69) is 15.2 Å². The number of aliphatic hydroxyl groups excluding tert-OH is 3. The van der Waals surface area contributed by atoms with Gasteiger partial charge in [0.05, 0.1) is 12.3 Å². The Morgan fingerprint density at radius 1 is 1.23 bits per heavy atom. The molecule has 0 amide bonds. The quantitative estimate of drug-likeness (QED) is 0.625. The normalized spacial score (nSPS) is 26.7.